The molecule has 8 nitrogen and oxygen atoms in total. The molecule has 0 unspecified atom stereocenters. The van der Waals surface area contributed by atoms with Gasteiger partial charge in [0.2, 0.25) is 0 Å². The van der Waals surface area contributed by atoms with Gasteiger partial charge >= 0.3 is 119 Å². The van der Waals surface area contributed by atoms with Gasteiger partial charge in [-0.2, -0.15) is 0 Å². The minimum absolute atomic E-state index is 0. The van der Waals surface area contributed by atoms with Crippen LogP contribution < -0.4 is 0 Å². The van der Waals surface area contributed by atoms with E-state index in [9.17, 15) is 0 Å². The molecule has 0 aliphatic carbocycles. The zero-order chi connectivity index (χ0) is 0. The van der Waals surface area contributed by atoms with Crippen molar-refractivity contribution in [2.75, 3.05) is 0 Å². The van der Waals surface area contributed by atoms with E-state index in [1.165, 1.54) is 0 Å². The summed E-state index contributed by atoms with van der Waals surface area (Å²) in [6.45, 7) is 0. The standard InChI is InChI=1S/3Cr.8N.3Ta/q3*+3;8*-3;3*+5. The van der Waals surface area contributed by atoms with Crippen LogP contribution in [0.4, 0.5) is 0 Å². The fourth-order valence-electron chi connectivity index (χ4n) is 0. The van der Waals surface area contributed by atoms with Gasteiger partial charge in [0.05, 0.1) is 0 Å². The fourth-order valence-corrected chi connectivity index (χ4v) is 0. The summed E-state index contributed by atoms with van der Waals surface area (Å²) in [5.74, 6) is 0. The molecule has 0 rings (SSSR count). The van der Waals surface area contributed by atoms with Crippen LogP contribution in [0, 0.1) is 0 Å². The van der Waals surface area contributed by atoms with Crippen LogP contribution in [0.5, 0.6) is 0 Å². The molecule has 14 heavy (non-hydrogen) atoms. The summed E-state index contributed by atoms with van der Waals surface area (Å²) in [5, 5.41) is 0. The van der Waals surface area contributed by atoms with E-state index < -0.39 is 0 Å². The third-order valence-electron chi connectivity index (χ3n) is 0. The molecule has 14 heteroatoms. The van der Waals surface area contributed by atoms with Crippen LogP contribution in [0.15, 0.2) is 0 Å². The predicted octanol–water partition coefficient (Wildman–Crippen LogP) is 2.29. The van der Waals surface area contributed by atoms with Crippen molar-refractivity contribution in [2.24, 2.45) is 0 Å². The molecule has 0 aromatic carbocycles. The zero-order valence-electron chi connectivity index (χ0n) is 6.14. The second-order valence-corrected chi connectivity index (χ2v) is 0. The van der Waals surface area contributed by atoms with E-state index in [1.54, 1.807) is 0 Å². The van der Waals surface area contributed by atoms with E-state index in [4.69, 9.17) is 0 Å². The Hall–Kier alpha value is 3.50. The van der Waals surface area contributed by atoms with E-state index in [2.05, 4.69) is 0 Å². The molecule has 0 spiro atoms. The monoisotopic (exact) mass is 811 g/mol. The summed E-state index contributed by atoms with van der Waals surface area (Å²) in [5.41, 5.74) is 0. The third kappa shape index (κ3) is 266. The van der Waals surface area contributed by atoms with Gasteiger partial charge in [-0.05, 0) is 0 Å². The smallest absolute Gasteiger partial charge is 3.00 e. The number of rotatable bonds is 0. The van der Waals surface area contributed by atoms with Crippen LogP contribution in [-0.4, -0.2) is 0 Å². The Morgan fingerprint density at radius 2 is 0.214 bits per heavy atom. The molecule has 3 radical (unpaired) electrons. The first kappa shape index (κ1) is 389. The van der Waals surface area contributed by atoms with E-state index in [0.29, 0.717) is 0 Å². The van der Waals surface area contributed by atoms with E-state index in [0.717, 1.165) is 0 Å². The van der Waals surface area contributed by atoms with Gasteiger partial charge in [0, 0.05) is 0 Å². The maximum atomic E-state index is 0. The Morgan fingerprint density at radius 3 is 0.214 bits per heavy atom. The van der Waals surface area contributed by atoms with Gasteiger partial charge in [0.25, 0.3) is 0 Å². The minimum atomic E-state index is 0. The number of nitrogens with zero attached hydrogens (tertiary/aromatic N) is 8. The van der Waals surface area contributed by atoms with Crippen molar-refractivity contribution in [2.45, 2.75) is 0 Å². The molecule has 0 aliphatic rings. The predicted molar refractivity (Wildman–Crippen MR) is 26.9 cm³/mol. The van der Waals surface area contributed by atoms with E-state index in [-0.39, 0.29) is 168 Å². The van der Waals surface area contributed by atoms with Crippen LogP contribution in [-0.2, 0) is 119 Å². The summed E-state index contributed by atoms with van der Waals surface area (Å²) < 4.78 is 0. The van der Waals surface area contributed by atoms with Crippen LogP contribution in [0.2, 0.25) is 0 Å². The van der Waals surface area contributed by atoms with Crippen molar-refractivity contribution in [1.82, 2.24) is 0 Å². The van der Waals surface area contributed by atoms with Crippen molar-refractivity contribution >= 4 is 0 Å². The summed E-state index contributed by atoms with van der Waals surface area (Å²) in [4.78, 5) is 0. The first-order valence-corrected chi connectivity index (χ1v) is 0. The Bertz CT molecular complexity index is 19.8. The Labute approximate surface area is 166 Å². The molecule has 0 aliphatic heterocycles. The minimum Gasteiger partial charge on any atom is -3.00 e. The van der Waals surface area contributed by atoms with Crippen molar-refractivity contribution in [1.29, 1.82) is 0 Å². The average molecular weight is 811 g/mol. The molecular weight excluding hydrogens is 811 g/mol. The van der Waals surface area contributed by atoms with Gasteiger partial charge in [0.15, 0.2) is 0 Å². The maximum absolute atomic E-state index is 0. The maximum Gasteiger partial charge on any atom is 5.00 e. The second-order valence-electron chi connectivity index (χ2n) is 0. The molecule has 0 saturated heterocycles. The molecule has 0 aromatic rings. The molecule has 0 fully saturated rings. The number of hydrogen-bond donors (Lipinski definition) is 0. The quantitative estimate of drug-likeness (QED) is 0.342. The molecule has 0 bridgehead atoms. The fraction of sp³-hybridized carbons (Fsp3) is 0. The van der Waals surface area contributed by atoms with Gasteiger partial charge in [-0.15, -0.1) is 0 Å². The first-order valence-electron chi connectivity index (χ1n) is 0. The first-order chi connectivity index (χ1) is 0. The van der Waals surface area contributed by atoms with E-state index >= 15 is 0 Å². The zero-order valence-corrected chi connectivity index (χ0v) is 19.6. The van der Waals surface area contributed by atoms with Crippen LogP contribution in [0.1, 0.15) is 0 Å². The topological polar surface area (TPSA) is 244 Å². The van der Waals surface area contributed by atoms with E-state index in [1.807, 2.05) is 0 Å². The Morgan fingerprint density at radius 1 is 0.214 bits per heavy atom. The van der Waals surface area contributed by atoms with Gasteiger partial charge in [0.1, 0.15) is 0 Å². The molecule has 0 heterocycles. The Balaban J connectivity index is 0. The Kier molecular flexibility index (Phi) is 9000. The third-order valence-corrected chi connectivity index (χ3v) is 0. The molecule has 0 saturated carbocycles. The van der Waals surface area contributed by atoms with Gasteiger partial charge in [-0.1, -0.05) is 0 Å². The normalized spacial score (nSPS) is 0. The van der Waals surface area contributed by atoms with Crippen molar-refractivity contribution in [3.63, 3.8) is 0 Å². The summed E-state index contributed by atoms with van der Waals surface area (Å²) >= 11 is 0. The molecule has 0 aromatic heterocycles. The van der Waals surface area contributed by atoms with Gasteiger partial charge < -0.3 is 49.2 Å². The molecule has 0 N–H and O–H groups in total. The van der Waals surface area contributed by atoms with Gasteiger partial charge in [-0.3, -0.25) is 0 Å². The average Bonchev–Trinajstić information content (AvgIpc) is 0. The van der Waals surface area contributed by atoms with Crippen LogP contribution in [0.25, 0.3) is 49.2 Å². The van der Waals surface area contributed by atoms with Crippen LogP contribution in [0.3, 0.4) is 0 Å². The largest absolute Gasteiger partial charge is 5.00 e. The second kappa shape index (κ2) is 324. The van der Waals surface area contributed by atoms with Crippen LogP contribution >= 0.6 is 0 Å². The number of hydrogen-bond acceptors (Lipinski definition) is 0. The molecule has 73 valence electrons. The summed E-state index contributed by atoms with van der Waals surface area (Å²) in [6.07, 6.45) is 0. The van der Waals surface area contributed by atoms with Crippen molar-refractivity contribution < 1.29 is 119 Å². The summed E-state index contributed by atoms with van der Waals surface area (Å²) in [6, 6.07) is 0. The summed E-state index contributed by atoms with van der Waals surface area (Å²) in [7, 11) is 0. The molecular formula is Cr3N8Ta3. The molecule has 0 atom stereocenters. The molecule has 0 amide bonds. The van der Waals surface area contributed by atoms with Crippen molar-refractivity contribution in [3.05, 3.63) is 49.2 Å². The SMILES string of the molecule is [Cr+3].[Cr+3].[Cr+3].[N-3].[N-3].[N-3].[N-3].[N-3].[N-3].[N-3].[N-3].[Ta+5].[Ta+5].[Ta+5]. The van der Waals surface area contributed by atoms with Gasteiger partial charge in [-0.25, -0.2) is 0 Å². The van der Waals surface area contributed by atoms with Crippen molar-refractivity contribution in [3.8, 4) is 0 Å².